The zero-order valence-electron chi connectivity index (χ0n) is 13.1. The third kappa shape index (κ3) is 3.40. The van der Waals surface area contributed by atoms with E-state index < -0.39 is 6.23 Å². The molecule has 0 saturated carbocycles. The summed E-state index contributed by atoms with van der Waals surface area (Å²) < 4.78 is 12.3. The van der Waals surface area contributed by atoms with Crippen LogP contribution in [0.1, 0.15) is 5.76 Å². The summed E-state index contributed by atoms with van der Waals surface area (Å²) in [5, 5.41) is 12.4. The highest BCUT2D eigenvalue weighted by Crippen LogP contribution is 2.38. The van der Waals surface area contributed by atoms with Gasteiger partial charge >= 0.3 is 0 Å². The highest BCUT2D eigenvalue weighted by Gasteiger charge is 2.24. The van der Waals surface area contributed by atoms with E-state index in [9.17, 15) is 0 Å². The molecule has 1 aliphatic heterocycles. The highest BCUT2D eigenvalue weighted by molar-refractivity contribution is 9.10. The largest absolute Gasteiger partial charge is 0.465 e. The van der Waals surface area contributed by atoms with Crippen LogP contribution in [0.15, 0.2) is 56.7 Å². The highest BCUT2D eigenvalue weighted by atomic mass is 79.9. The van der Waals surface area contributed by atoms with Crippen molar-refractivity contribution >= 4 is 39.5 Å². The first-order chi connectivity index (χ1) is 12.2. The first-order valence-corrected chi connectivity index (χ1v) is 9.48. The Morgan fingerprint density at radius 2 is 2.20 bits per heavy atom. The van der Waals surface area contributed by atoms with Gasteiger partial charge in [0.05, 0.1) is 6.26 Å². The van der Waals surface area contributed by atoms with E-state index in [4.69, 9.17) is 9.15 Å². The molecule has 0 aliphatic carbocycles. The van der Waals surface area contributed by atoms with Gasteiger partial charge in [0.25, 0.3) is 0 Å². The van der Waals surface area contributed by atoms with Gasteiger partial charge in [-0.05, 0) is 48.7 Å². The van der Waals surface area contributed by atoms with Crippen LogP contribution in [0.3, 0.4) is 0 Å². The van der Waals surface area contributed by atoms with Gasteiger partial charge in [0, 0.05) is 15.7 Å². The number of anilines is 1. The topological polar surface area (TPSA) is 73.1 Å². The molecule has 0 bridgehead atoms. The quantitative estimate of drug-likeness (QED) is 0.631. The Hall–Kier alpha value is -2.32. The number of hydrogen-bond acceptors (Lipinski definition) is 7. The molecule has 0 spiro atoms. The Bertz CT molecular complexity index is 930. The zero-order chi connectivity index (χ0) is 17.2. The maximum atomic E-state index is 6.04. The van der Waals surface area contributed by atoms with Crippen molar-refractivity contribution in [3.8, 4) is 17.1 Å². The Morgan fingerprint density at radius 3 is 3.00 bits per heavy atom. The van der Waals surface area contributed by atoms with Gasteiger partial charge in [0.1, 0.15) is 5.76 Å². The summed E-state index contributed by atoms with van der Waals surface area (Å²) in [6.07, 6.45) is 6.84. The second-order valence-corrected chi connectivity index (χ2v) is 6.89. The molecule has 1 atom stereocenters. The van der Waals surface area contributed by atoms with E-state index >= 15 is 0 Å². The van der Waals surface area contributed by atoms with Crippen molar-refractivity contribution in [3.63, 3.8) is 0 Å². The van der Waals surface area contributed by atoms with Crippen molar-refractivity contribution in [2.24, 2.45) is 0 Å². The van der Waals surface area contributed by atoms with Gasteiger partial charge < -0.3 is 14.5 Å². The molecule has 0 fully saturated rings. The normalized spacial score (nSPS) is 15.8. The Balaban J connectivity index is 1.77. The van der Waals surface area contributed by atoms with Crippen LogP contribution in [-0.4, -0.2) is 27.7 Å². The summed E-state index contributed by atoms with van der Waals surface area (Å²) in [6, 6.07) is 9.61. The number of nitrogens with one attached hydrogen (secondary N) is 1. The molecule has 2 aromatic heterocycles. The lowest BCUT2D eigenvalue weighted by Gasteiger charge is -2.15. The van der Waals surface area contributed by atoms with Crippen LogP contribution in [0.25, 0.3) is 17.3 Å². The summed E-state index contributed by atoms with van der Waals surface area (Å²) in [7, 11) is 0. The number of halogens is 1. The zero-order valence-corrected chi connectivity index (χ0v) is 15.5. The molecule has 1 aliphatic rings. The van der Waals surface area contributed by atoms with Gasteiger partial charge in [-0.3, -0.25) is 0 Å². The van der Waals surface area contributed by atoms with Crippen molar-refractivity contribution in [3.05, 3.63) is 52.9 Å². The molecule has 3 heterocycles. The fourth-order valence-corrected chi connectivity index (χ4v) is 3.09. The number of thioether (sulfide) groups is 1. The number of benzene rings is 1. The molecule has 0 unspecified atom stereocenters. The van der Waals surface area contributed by atoms with E-state index in [1.165, 1.54) is 11.8 Å². The first kappa shape index (κ1) is 16.2. The maximum absolute atomic E-state index is 6.04. The van der Waals surface area contributed by atoms with Gasteiger partial charge in [0.2, 0.25) is 11.0 Å². The van der Waals surface area contributed by atoms with Gasteiger partial charge in [-0.25, -0.2) is 0 Å². The SMILES string of the molecule is CSc1nnc2c(n1)O[C@H](/C=C/c1ccco1)Nc1ccc(Br)cc1-2. The van der Waals surface area contributed by atoms with Crippen LogP contribution >= 0.6 is 27.7 Å². The van der Waals surface area contributed by atoms with Crippen molar-refractivity contribution in [1.82, 2.24) is 15.2 Å². The average Bonchev–Trinajstić information content (AvgIpc) is 3.09. The fraction of sp³-hybridized carbons (Fsp3) is 0.118. The number of furan rings is 1. The number of nitrogens with zero attached hydrogens (tertiary/aromatic N) is 3. The molecule has 3 aromatic rings. The van der Waals surface area contributed by atoms with E-state index in [0.717, 1.165) is 21.5 Å². The van der Waals surface area contributed by atoms with Crippen molar-refractivity contribution in [2.45, 2.75) is 11.4 Å². The predicted octanol–water partition coefficient (Wildman–Crippen LogP) is 4.46. The number of fused-ring (bicyclic) bond motifs is 3. The fourth-order valence-electron chi connectivity index (χ4n) is 2.43. The van der Waals surface area contributed by atoms with Crippen LogP contribution in [0.5, 0.6) is 5.88 Å². The number of ether oxygens (including phenoxy) is 1. The van der Waals surface area contributed by atoms with Gasteiger partial charge in [-0.1, -0.05) is 27.7 Å². The molecule has 1 aromatic carbocycles. The molecular weight excluding hydrogens is 404 g/mol. The first-order valence-electron chi connectivity index (χ1n) is 7.46. The molecule has 1 N–H and O–H groups in total. The Labute approximate surface area is 156 Å². The molecule has 126 valence electrons. The van der Waals surface area contributed by atoms with Crippen LogP contribution in [-0.2, 0) is 0 Å². The van der Waals surface area contributed by atoms with Gasteiger partial charge in [-0.15, -0.1) is 10.2 Å². The summed E-state index contributed by atoms with van der Waals surface area (Å²) in [4.78, 5) is 4.47. The number of rotatable bonds is 3. The van der Waals surface area contributed by atoms with E-state index in [0.29, 0.717) is 16.7 Å². The van der Waals surface area contributed by atoms with Crippen LogP contribution in [0.4, 0.5) is 5.69 Å². The minimum absolute atomic E-state index is 0.419. The van der Waals surface area contributed by atoms with Crippen LogP contribution < -0.4 is 10.1 Å². The van der Waals surface area contributed by atoms with Crippen molar-refractivity contribution in [2.75, 3.05) is 11.6 Å². The minimum atomic E-state index is -0.419. The van der Waals surface area contributed by atoms with E-state index in [1.54, 1.807) is 6.26 Å². The average molecular weight is 417 g/mol. The molecule has 0 radical (unpaired) electrons. The Kier molecular flexibility index (Phi) is 4.46. The minimum Gasteiger partial charge on any atom is -0.465 e. The third-order valence-corrected chi connectivity index (χ3v) is 4.60. The lowest BCUT2D eigenvalue weighted by atomic mass is 10.1. The van der Waals surface area contributed by atoms with Crippen molar-refractivity contribution < 1.29 is 9.15 Å². The third-order valence-electron chi connectivity index (χ3n) is 3.57. The molecule has 0 saturated heterocycles. The van der Waals surface area contributed by atoms with Crippen molar-refractivity contribution in [1.29, 1.82) is 0 Å². The standard InChI is InChI=1S/C17H13BrN4O2S/c1-25-17-20-16-15(21-22-17)12-9-10(18)4-6-13(12)19-14(24-16)7-5-11-3-2-8-23-11/h2-9,14,19H,1H3/b7-5+/t14-/m1/s1. The van der Waals surface area contributed by atoms with E-state index in [2.05, 4.69) is 36.4 Å². The summed E-state index contributed by atoms with van der Waals surface area (Å²) in [5.74, 6) is 1.19. The molecule has 0 amide bonds. The van der Waals surface area contributed by atoms with Crippen LogP contribution in [0, 0.1) is 0 Å². The molecule has 25 heavy (non-hydrogen) atoms. The molecule has 8 heteroatoms. The monoisotopic (exact) mass is 416 g/mol. The molecular formula is C17H13BrN4O2S. The second-order valence-electron chi connectivity index (χ2n) is 5.20. The number of aromatic nitrogens is 3. The number of hydrogen-bond donors (Lipinski definition) is 1. The Morgan fingerprint density at radius 1 is 1.28 bits per heavy atom. The van der Waals surface area contributed by atoms with Gasteiger partial charge in [0.15, 0.2) is 11.9 Å². The van der Waals surface area contributed by atoms with Crippen LogP contribution in [0.2, 0.25) is 0 Å². The lowest BCUT2D eigenvalue weighted by molar-refractivity contribution is 0.266. The second kappa shape index (κ2) is 6.89. The summed E-state index contributed by atoms with van der Waals surface area (Å²) in [6.45, 7) is 0. The van der Waals surface area contributed by atoms with E-state index in [-0.39, 0.29) is 0 Å². The molecule has 6 nitrogen and oxygen atoms in total. The lowest BCUT2D eigenvalue weighted by Crippen LogP contribution is -2.23. The van der Waals surface area contributed by atoms with E-state index in [1.807, 2.05) is 48.7 Å². The maximum Gasteiger partial charge on any atom is 0.247 e. The molecule has 4 rings (SSSR count). The smallest absolute Gasteiger partial charge is 0.247 e. The summed E-state index contributed by atoms with van der Waals surface area (Å²) in [5.41, 5.74) is 2.38. The summed E-state index contributed by atoms with van der Waals surface area (Å²) >= 11 is 4.92. The van der Waals surface area contributed by atoms with Gasteiger partial charge in [-0.2, -0.15) is 4.98 Å². The predicted molar refractivity (Wildman–Crippen MR) is 101 cm³/mol.